The molecule has 1 N–H and O–H groups in total. The maximum absolute atomic E-state index is 14.2. The van der Waals surface area contributed by atoms with Gasteiger partial charge in [0.05, 0.1) is 11.0 Å². The minimum Gasteiger partial charge on any atom is -0.366 e. The van der Waals surface area contributed by atoms with Crippen molar-refractivity contribution >= 4 is 33.1 Å². The van der Waals surface area contributed by atoms with E-state index in [1.165, 1.54) is 12.1 Å². The van der Waals surface area contributed by atoms with Crippen molar-refractivity contribution < 1.29 is 27.3 Å². The minimum atomic E-state index is -2.31. The van der Waals surface area contributed by atoms with Crippen LogP contribution in [0, 0.1) is 33.4 Å². The van der Waals surface area contributed by atoms with Crippen LogP contribution < -0.4 is 5.32 Å². The zero-order valence-corrected chi connectivity index (χ0v) is 15.2. The minimum absolute atomic E-state index is 0.156. The van der Waals surface area contributed by atoms with Gasteiger partial charge < -0.3 is 5.32 Å². The molecule has 0 spiro atoms. The highest BCUT2D eigenvalue weighted by molar-refractivity contribution is 9.10. The number of benzene rings is 2. The van der Waals surface area contributed by atoms with Crippen LogP contribution in [0.1, 0.15) is 18.5 Å². The molecule has 0 aliphatic heterocycles. The van der Waals surface area contributed by atoms with E-state index in [-0.39, 0.29) is 5.57 Å². The van der Waals surface area contributed by atoms with E-state index >= 15 is 0 Å². The third-order valence-corrected chi connectivity index (χ3v) is 4.25. The predicted molar refractivity (Wildman–Crippen MR) is 93.3 cm³/mol. The maximum Gasteiger partial charge on any atom is 0.334 e. The first-order chi connectivity index (χ1) is 12.6. The molecule has 2 aromatic rings. The monoisotopic (exact) mass is 446 g/mol. The highest BCUT2D eigenvalue weighted by Crippen LogP contribution is 2.38. The Morgan fingerprint density at radius 2 is 1.63 bits per heavy atom. The van der Waals surface area contributed by atoms with Gasteiger partial charge in [0.25, 0.3) is 0 Å². The van der Waals surface area contributed by atoms with Crippen molar-refractivity contribution in [3.63, 3.8) is 0 Å². The van der Waals surface area contributed by atoms with E-state index in [1.54, 1.807) is 12.1 Å². The molecule has 142 valence electrons. The standard InChI is InChI=1S/C17H11BrF4N2O3/c1-7(8(2)25)15(9-3-5-10(18)6-4-9)23-16-13(21)11(19)12(20)14(22)17(16)24(26)27/h3-6,15,23H,1H2,2H3. The van der Waals surface area contributed by atoms with Gasteiger partial charge in [-0.15, -0.1) is 0 Å². The van der Waals surface area contributed by atoms with Crippen LogP contribution >= 0.6 is 15.9 Å². The van der Waals surface area contributed by atoms with Crippen LogP contribution in [-0.4, -0.2) is 10.7 Å². The number of nitro groups is 1. The summed E-state index contributed by atoms with van der Waals surface area (Å²) in [6.07, 6.45) is 0. The normalized spacial score (nSPS) is 11.8. The van der Waals surface area contributed by atoms with Crippen molar-refractivity contribution in [1.82, 2.24) is 0 Å². The number of nitrogens with one attached hydrogen (secondary N) is 1. The molecule has 0 saturated heterocycles. The average Bonchev–Trinajstić information content (AvgIpc) is 2.61. The van der Waals surface area contributed by atoms with Gasteiger partial charge in [-0.1, -0.05) is 34.6 Å². The predicted octanol–water partition coefficient (Wildman–Crippen LogP) is 5.21. The quantitative estimate of drug-likeness (QED) is 0.165. The molecule has 0 aromatic heterocycles. The Hall–Kier alpha value is -2.75. The smallest absolute Gasteiger partial charge is 0.334 e. The van der Waals surface area contributed by atoms with Crippen molar-refractivity contribution in [3.05, 3.63) is 79.8 Å². The van der Waals surface area contributed by atoms with Gasteiger partial charge in [-0.3, -0.25) is 14.9 Å². The average molecular weight is 447 g/mol. The van der Waals surface area contributed by atoms with Gasteiger partial charge in [-0.25, -0.2) is 13.2 Å². The number of halogens is 5. The molecule has 2 aromatic carbocycles. The lowest BCUT2D eigenvalue weighted by Gasteiger charge is -2.22. The summed E-state index contributed by atoms with van der Waals surface area (Å²) in [7, 11) is 0. The summed E-state index contributed by atoms with van der Waals surface area (Å²) in [6, 6.07) is 4.83. The Labute approximate surface area is 159 Å². The topological polar surface area (TPSA) is 72.2 Å². The van der Waals surface area contributed by atoms with Gasteiger partial charge in [0.15, 0.2) is 23.1 Å². The number of rotatable bonds is 6. The Bertz CT molecular complexity index is 948. The molecule has 0 fully saturated rings. The summed E-state index contributed by atoms with van der Waals surface area (Å²) in [6.45, 7) is 4.68. The number of hydrogen-bond donors (Lipinski definition) is 1. The molecular formula is C17H11BrF4N2O3. The number of hydrogen-bond acceptors (Lipinski definition) is 4. The lowest BCUT2D eigenvalue weighted by molar-refractivity contribution is -0.387. The summed E-state index contributed by atoms with van der Waals surface area (Å²) in [5, 5.41) is 13.3. The van der Waals surface area contributed by atoms with E-state index in [2.05, 4.69) is 27.8 Å². The van der Waals surface area contributed by atoms with Gasteiger partial charge in [0.1, 0.15) is 0 Å². The number of Topliss-reactive ketones (excluding diaryl/α,β-unsaturated/α-hetero) is 1. The van der Waals surface area contributed by atoms with Crippen LogP contribution in [-0.2, 0) is 4.79 Å². The lowest BCUT2D eigenvalue weighted by atomic mass is 9.96. The fourth-order valence-corrected chi connectivity index (χ4v) is 2.56. The second kappa shape index (κ2) is 7.87. The van der Waals surface area contributed by atoms with Crippen LogP contribution in [0.2, 0.25) is 0 Å². The first kappa shape index (κ1) is 20.6. The van der Waals surface area contributed by atoms with Crippen LogP contribution in [0.5, 0.6) is 0 Å². The molecule has 10 heteroatoms. The van der Waals surface area contributed by atoms with Gasteiger partial charge in [0.2, 0.25) is 11.6 Å². The second-order valence-corrected chi connectivity index (χ2v) is 6.36. The van der Waals surface area contributed by atoms with E-state index in [0.29, 0.717) is 10.0 Å². The van der Waals surface area contributed by atoms with Crippen LogP contribution in [0.15, 0.2) is 40.9 Å². The number of nitrogens with zero attached hydrogens (tertiary/aromatic N) is 1. The van der Waals surface area contributed by atoms with Gasteiger partial charge >= 0.3 is 5.69 Å². The van der Waals surface area contributed by atoms with E-state index in [1.807, 2.05) is 0 Å². The van der Waals surface area contributed by atoms with Crippen molar-refractivity contribution in [2.45, 2.75) is 13.0 Å². The first-order valence-corrected chi connectivity index (χ1v) is 8.07. The summed E-state index contributed by atoms with van der Waals surface area (Å²) in [4.78, 5) is 21.4. The van der Waals surface area contributed by atoms with E-state index in [0.717, 1.165) is 6.92 Å². The number of nitro benzene ring substituents is 1. The van der Waals surface area contributed by atoms with Gasteiger partial charge in [0, 0.05) is 10.0 Å². The van der Waals surface area contributed by atoms with E-state index < -0.39 is 51.4 Å². The van der Waals surface area contributed by atoms with Gasteiger partial charge in [-0.2, -0.15) is 4.39 Å². The summed E-state index contributed by atoms with van der Waals surface area (Å²) < 4.78 is 55.7. The molecule has 0 saturated carbocycles. The number of anilines is 1. The number of carbonyl (C=O) groups excluding carboxylic acids is 1. The Balaban J connectivity index is 2.68. The third-order valence-electron chi connectivity index (χ3n) is 3.72. The molecule has 1 unspecified atom stereocenters. The van der Waals surface area contributed by atoms with Crippen molar-refractivity contribution in [2.24, 2.45) is 0 Å². The fraction of sp³-hybridized carbons (Fsp3) is 0.118. The zero-order valence-electron chi connectivity index (χ0n) is 13.7. The van der Waals surface area contributed by atoms with Crippen molar-refractivity contribution in [2.75, 3.05) is 5.32 Å². The Morgan fingerprint density at radius 3 is 2.11 bits per heavy atom. The molecule has 27 heavy (non-hydrogen) atoms. The molecule has 0 radical (unpaired) electrons. The molecule has 0 heterocycles. The van der Waals surface area contributed by atoms with Crippen molar-refractivity contribution in [3.8, 4) is 0 Å². The van der Waals surface area contributed by atoms with Crippen LogP contribution in [0.3, 0.4) is 0 Å². The largest absolute Gasteiger partial charge is 0.366 e. The summed E-state index contributed by atoms with van der Waals surface area (Å²) >= 11 is 3.20. The van der Waals surface area contributed by atoms with Crippen LogP contribution in [0.25, 0.3) is 0 Å². The maximum atomic E-state index is 14.2. The van der Waals surface area contributed by atoms with E-state index in [4.69, 9.17) is 0 Å². The molecule has 0 aliphatic rings. The summed E-state index contributed by atoms with van der Waals surface area (Å²) in [5.41, 5.74) is -2.70. The Kier molecular flexibility index (Phi) is 5.99. The highest BCUT2D eigenvalue weighted by atomic mass is 79.9. The zero-order chi connectivity index (χ0) is 20.5. The SMILES string of the molecule is C=C(C(C)=O)C(Nc1c(F)c(F)c(F)c(F)c1[N+](=O)[O-])c1ccc(Br)cc1. The number of carbonyl (C=O) groups is 1. The van der Waals surface area contributed by atoms with Crippen molar-refractivity contribution in [1.29, 1.82) is 0 Å². The molecule has 2 rings (SSSR count). The Morgan fingerprint density at radius 1 is 1.11 bits per heavy atom. The molecule has 0 amide bonds. The molecule has 1 atom stereocenters. The van der Waals surface area contributed by atoms with Gasteiger partial charge in [-0.05, 0) is 24.6 Å². The van der Waals surface area contributed by atoms with Crippen LogP contribution in [0.4, 0.5) is 28.9 Å². The molecule has 0 aliphatic carbocycles. The third kappa shape index (κ3) is 4.00. The lowest BCUT2D eigenvalue weighted by Crippen LogP contribution is -2.20. The fourth-order valence-electron chi connectivity index (χ4n) is 2.30. The second-order valence-electron chi connectivity index (χ2n) is 5.45. The molecule has 0 bridgehead atoms. The summed E-state index contributed by atoms with van der Waals surface area (Å²) in [5.74, 6) is -9.23. The highest BCUT2D eigenvalue weighted by Gasteiger charge is 2.35. The molecule has 5 nitrogen and oxygen atoms in total. The number of ketones is 1. The van der Waals surface area contributed by atoms with E-state index in [9.17, 15) is 32.5 Å². The first-order valence-electron chi connectivity index (χ1n) is 7.28. The molecular weight excluding hydrogens is 436 g/mol.